The van der Waals surface area contributed by atoms with Gasteiger partial charge in [0.05, 0.1) is 21.0 Å². The van der Waals surface area contributed by atoms with Crippen LogP contribution in [-0.2, 0) is 13.8 Å². The van der Waals surface area contributed by atoms with Crippen molar-refractivity contribution in [3.05, 3.63) is 0 Å². The zero-order valence-corrected chi connectivity index (χ0v) is 14.8. The summed E-state index contributed by atoms with van der Waals surface area (Å²) in [4.78, 5) is 20.3. The molecule has 4 unspecified atom stereocenters. The van der Waals surface area contributed by atoms with Crippen molar-refractivity contribution in [3.8, 4) is 0 Å². The molecule has 1 fully saturated rings. The molecule has 0 aromatic rings. The Morgan fingerprint density at radius 2 is 1.83 bits per heavy atom. The molecule has 1 aliphatic rings. The normalized spacial score (nSPS) is 35.8. The van der Waals surface area contributed by atoms with Crippen LogP contribution in [0.25, 0.3) is 0 Å². The molecule has 1 heterocycles. The average Bonchev–Trinajstić information content (AvgIpc) is 2.40. The third kappa shape index (κ3) is 5.72. The molecule has 0 saturated carbocycles. The number of rotatable bonds is 4. The van der Waals surface area contributed by atoms with Crippen LogP contribution < -0.4 is 68.9 Å². The second-order valence-corrected chi connectivity index (χ2v) is 4.49. The summed E-state index contributed by atoms with van der Waals surface area (Å²) >= 11 is 0. The first kappa shape index (κ1) is 22.2. The van der Waals surface area contributed by atoms with Crippen LogP contribution in [0.1, 0.15) is 0 Å². The van der Waals surface area contributed by atoms with Crippen molar-refractivity contribution in [2.45, 2.75) is 24.1 Å². The van der Waals surface area contributed by atoms with E-state index in [1.54, 1.807) is 0 Å². The average molecular weight is 304 g/mol. The Kier molecular flexibility index (Phi) is 10.3. The number of phosphoric acid groups is 1. The van der Waals surface area contributed by atoms with Gasteiger partial charge in [-0.3, -0.25) is 0 Å². The van der Waals surface area contributed by atoms with Crippen LogP contribution in [0.5, 0.6) is 0 Å². The van der Waals surface area contributed by atoms with Crippen LogP contribution in [0, 0.1) is 0 Å². The molecule has 1 saturated heterocycles. The molecule has 0 aromatic carbocycles. The van der Waals surface area contributed by atoms with Crippen molar-refractivity contribution in [2.24, 2.45) is 0 Å². The van der Waals surface area contributed by atoms with Crippen LogP contribution >= 0.6 is 7.82 Å². The Labute approximate surface area is 147 Å². The van der Waals surface area contributed by atoms with Crippen LogP contribution in [-0.4, -0.2) is 57.7 Å². The molecule has 1 aliphatic heterocycles. The molecule has 1 rings (SSSR count). The maximum absolute atomic E-state index is 10.1. The van der Waals surface area contributed by atoms with Gasteiger partial charge in [-0.15, -0.1) is 0 Å². The van der Waals surface area contributed by atoms with E-state index >= 15 is 0 Å². The minimum Gasteiger partial charge on any atom is -0.790 e. The van der Waals surface area contributed by atoms with E-state index in [1.807, 2.05) is 0 Å². The van der Waals surface area contributed by atoms with E-state index in [0.29, 0.717) is 0 Å². The molecule has 0 amide bonds. The molecule has 0 aliphatic carbocycles. The van der Waals surface area contributed by atoms with Gasteiger partial charge in [0, 0.05) is 0 Å². The molecule has 4 N–H and O–H groups in total. The molecule has 0 bridgehead atoms. The summed E-state index contributed by atoms with van der Waals surface area (Å²) in [6.45, 7) is -1.86. The van der Waals surface area contributed by atoms with E-state index in [2.05, 4.69) is 9.26 Å². The summed E-state index contributed by atoms with van der Waals surface area (Å²) in [6, 6.07) is 0. The number of ether oxygens (including phenoxy) is 1. The van der Waals surface area contributed by atoms with Crippen LogP contribution in [0.3, 0.4) is 0 Å². The Balaban J connectivity index is 0. The predicted molar refractivity (Wildman–Crippen MR) is 42.5 cm³/mol. The summed E-state index contributed by atoms with van der Waals surface area (Å²) in [5, 5.41) is 36.6. The summed E-state index contributed by atoms with van der Waals surface area (Å²) in [7, 11) is -5.23. The Hall–Kier alpha value is 1.91. The van der Waals surface area contributed by atoms with Crippen molar-refractivity contribution in [3.63, 3.8) is 0 Å². The SMILES string of the molecule is O=P([O-])([O-])OCC1OC(O)(CO)C(O)C1O.[Na+].[Na+]. The number of hydrogen-bond acceptors (Lipinski definition) is 9. The molecule has 12 heteroatoms. The van der Waals surface area contributed by atoms with E-state index in [-0.39, 0.29) is 59.1 Å². The summed E-state index contributed by atoms with van der Waals surface area (Å²) in [5.74, 6) is -2.40. The first-order valence-electron chi connectivity index (χ1n) is 4.23. The maximum Gasteiger partial charge on any atom is 1.00 e. The van der Waals surface area contributed by atoms with Crippen LogP contribution in [0.2, 0.25) is 0 Å². The first-order valence-corrected chi connectivity index (χ1v) is 5.69. The smallest absolute Gasteiger partial charge is 0.790 e. The van der Waals surface area contributed by atoms with Gasteiger partial charge in [0.25, 0.3) is 0 Å². The number of phosphoric ester groups is 1. The fraction of sp³-hybridized carbons (Fsp3) is 1.00. The second kappa shape index (κ2) is 8.38. The topological polar surface area (TPSA) is 163 Å². The molecular weight excluding hydrogens is 293 g/mol. The van der Waals surface area contributed by atoms with Crippen molar-refractivity contribution in [1.82, 2.24) is 0 Å². The van der Waals surface area contributed by atoms with Gasteiger partial charge in [-0.2, -0.15) is 0 Å². The van der Waals surface area contributed by atoms with Gasteiger partial charge in [-0.25, -0.2) is 0 Å². The molecule has 0 aromatic heterocycles. The number of hydrogen-bond donors (Lipinski definition) is 4. The first-order chi connectivity index (χ1) is 7.19. The van der Waals surface area contributed by atoms with E-state index in [0.717, 1.165) is 0 Å². The van der Waals surface area contributed by atoms with Gasteiger partial charge in [-0.1, -0.05) is 0 Å². The third-order valence-corrected chi connectivity index (χ3v) is 2.61. The van der Waals surface area contributed by atoms with Crippen LogP contribution in [0.4, 0.5) is 0 Å². The molecule has 9 nitrogen and oxygen atoms in total. The van der Waals surface area contributed by atoms with Crippen molar-refractivity contribution in [1.29, 1.82) is 0 Å². The Morgan fingerprint density at radius 3 is 2.17 bits per heavy atom. The summed E-state index contributed by atoms with van der Waals surface area (Å²) in [6.07, 6.45) is -4.93. The van der Waals surface area contributed by atoms with Gasteiger partial charge >= 0.3 is 59.1 Å². The van der Waals surface area contributed by atoms with Crippen LogP contribution in [0.15, 0.2) is 0 Å². The van der Waals surface area contributed by atoms with E-state index in [9.17, 15) is 29.7 Å². The minimum atomic E-state index is -5.23. The van der Waals surface area contributed by atoms with E-state index in [4.69, 9.17) is 5.11 Å². The standard InChI is InChI=1S/C6H13O9P.2Na/c7-2-6(10)5(9)4(8)3(15-6)1-14-16(11,12)13;;/h3-5,7-10H,1-2H2,(H2,11,12,13);;/q;2*+1/p-2. The second-order valence-electron chi connectivity index (χ2n) is 3.34. The van der Waals surface area contributed by atoms with Crippen molar-refractivity contribution < 1.29 is 103 Å². The maximum atomic E-state index is 10.1. The fourth-order valence-corrected chi connectivity index (χ4v) is 1.63. The predicted octanol–water partition coefficient (Wildman–Crippen LogP) is -10.4. The third-order valence-electron chi connectivity index (χ3n) is 2.15. The molecule has 18 heavy (non-hydrogen) atoms. The molecule has 96 valence electrons. The number of aliphatic hydroxyl groups excluding tert-OH is 3. The Morgan fingerprint density at radius 1 is 1.33 bits per heavy atom. The van der Waals surface area contributed by atoms with E-state index < -0.39 is 45.1 Å². The Bertz CT molecular complexity index is 299. The zero-order valence-electron chi connectivity index (χ0n) is 9.92. The fourth-order valence-electron chi connectivity index (χ4n) is 1.30. The minimum absolute atomic E-state index is 0. The van der Waals surface area contributed by atoms with Gasteiger partial charge in [0.15, 0.2) is 0 Å². The van der Waals surface area contributed by atoms with Crippen molar-refractivity contribution in [2.75, 3.05) is 13.2 Å². The van der Waals surface area contributed by atoms with Gasteiger partial charge < -0.3 is 44.0 Å². The zero-order chi connectivity index (χ0) is 12.6. The van der Waals surface area contributed by atoms with Gasteiger partial charge in [-0.05, 0) is 0 Å². The largest absolute Gasteiger partial charge is 1.00 e. The quantitative estimate of drug-likeness (QED) is 0.292. The summed E-state index contributed by atoms with van der Waals surface area (Å²) in [5.41, 5.74) is 0. The molecule has 0 radical (unpaired) electrons. The van der Waals surface area contributed by atoms with E-state index in [1.165, 1.54) is 0 Å². The van der Waals surface area contributed by atoms with Gasteiger partial charge in [0.1, 0.15) is 18.3 Å². The number of aliphatic hydroxyl groups is 4. The van der Waals surface area contributed by atoms with Crippen molar-refractivity contribution >= 4 is 7.82 Å². The molecule has 0 spiro atoms. The molecular formula is C6H11Na2O9P. The summed E-state index contributed by atoms with van der Waals surface area (Å²) < 4.78 is 18.6. The molecule has 4 atom stereocenters. The van der Waals surface area contributed by atoms with Gasteiger partial charge in [0.2, 0.25) is 5.79 Å². The monoisotopic (exact) mass is 304 g/mol.